The lowest BCUT2D eigenvalue weighted by Gasteiger charge is -2.01. The fraction of sp³-hybridized carbons (Fsp3) is 0.273. The largest absolute Gasteiger partial charge is 0.353 e. The molecule has 1 aromatic carbocycles. The second kappa shape index (κ2) is 6.26. The van der Waals surface area contributed by atoms with Crippen molar-refractivity contribution in [3.8, 4) is 11.4 Å². The number of rotatable bonds is 5. The predicted molar refractivity (Wildman–Crippen MR) is 70.3 cm³/mol. The van der Waals surface area contributed by atoms with Crippen molar-refractivity contribution >= 4 is 17.5 Å². The molecule has 0 unspecified atom stereocenters. The summed E-state index contributed by atoms with van der Waals surface area (Å²) in [6.45, 7) is 0.838. The molecular formula is C11H13ClN6O. The van der Waals surface area contributed by atoms with Gasteiger partial charge in [-0.3, -0.25) is 4.79 Å². The summed E-state index contributed by atoms with van der Waals surface area (Å²) in [5.41, 5.74) is 6.08. The van der Waals surface area contributed by atoms with Gasteiger partial charge in [0.25, 0.3) is 0 Å². The molecule has 0 spiro atoms. The highest BCUT2D eigenvalue weighted by molar-refractivity contribution is 6.30. The molecule has 0 aliphatic carbocycles. The third-order valence-corrected chi connectivity index (χ3v) is 2.56. The lowest BCUT2D eigenvalue weighted by Crippen LogP contribution is -2.32. The van der Waals surface area contributed by atoms with Crippen LogP contribution in [-0.2, 0) is 11.3 Å². The van der Waals surface area contributed by atoms with E-state index in [-0.39, 0.29) is 12.5 Å². The molecule has 0 radical (unpaired) electrons. The molecular weight excluding hydrogens is 268 g/mol. The topological polar surface area (TPSA) is 98.7 Å². The Morgan fingerprint density at radius 2 is 2.11 bits per heavy atom. The van der Waals surface area contributed by atoms with E-state index in [0.717, 1.165) is 5.56 Å². The first-order valence-electron chi connectivity index (χ1n) is 5.69. The van der Waals surface area contributed by atoms with Crippen LogP contribution in [0.25, 0.3) is 11.4 Å². The molecule has 0 fully saturated rings. The van der Waals surface area contributed by atoms with Gasteiger partial charge in [-0.1, -0.05) is 11.6 Å². The van der Waals surface area contributed by atoms with Gasteiger partial charge in [0.2, 0.25) is 11.7 Å². The number of benzene rings is 1. The Labute approximate surface area is 114 Å². The van der Waals surface area contributed by atoms with E-state index in [2.05, 4.69) is 20.7 Å². The fourth-order valence-electron chi connectivity index (χ4n) is 1.42. The Balaban J connectivity index is 2.02. The SMILES string of the molecule is NCCNC(=O)Cn1nnc(-c2ccc(Cl)cc2)n1. The van der Waals surface area contributed by atoms with Crippen molar-refractivity contribution in [1.82, 2.24) is 25.5 Å². The lowest BCUT2D eigenvalue weighted by molar-refractivity contribution is -0.122. The van der Waals surface area contributed by atoms with E-state index < -0.39 is 0 Å². The molecule has 2 aromatic rings. The number of nitrogens with zero attached hydrogens (tertiary/aromatic N) is 4. The maximum Gasteiger partial charge on any atom is 0.243 e. The highest BCUT2D eigenvalue weighted by atomic mass is 35.5. The van der Waals surface area contributed by atoms with Crippen LogP contribution in [0.1, 0.15) is 0 Å². The molecule has 0 aliphatic heterocycles. The summed E-state index contributed by atoms with van der Waals surface area (Å²) in [6.07, 6.45) is 0. The van der Waals surface area contributed by atoms with E-state index in [9.17, 15) is 4.79 Å². The standard InChI is InChI=1S/C11H13ClN6O/c12-9-3-1-8(2-4-9)11-15-17-18(16-11)7-10(19)14-6-5-13/h1-4H,5-7,13H2,(H,14,19). The Morgan fingerprint density at radius 1 is 1.37 bits per heavy atom. The van der Waals surface area contributed by atoms with Crippen LogP contribution in [0, 0.1) is 0 Å². The van der Waals surface area contributed by atoms with E-state index in [4.69, 9.17) is 17.3 Å². The van der Waals surface area contributed by atoms with E-state index >= 15 is 0 Å². The summed E-state index contributed by atoms with van der Waals surface area (Å²) in [5, 5.41) is 15.1. The molecule has 8 heteroatoms. The molecule has 7 nitrogen and oxygen atoms in total. The van der Waals surface area contributed by atoms with Gasteiger partial charge in [0.05, 0.1) is 0 Å². The number of halogens is 1. The van der Waals surface area contributed by atoms with Gasteiger partial charge < -0.3 is 11.1 Å². The zero-order valence-electron chi connectivity index (χ0n) is 10.1. The Kier molecular flexibility index (Phi) is 4.43. The maximum absolute atomic E-state index is 11.4. The van der Waals surface area contributed by atoms with Gasteiger partial charge in [0, 0.05) is 23.7 Å². The number of hydrogen-bond acceptors (Lipinski definition) is 5. The first-order chi connectivity index (χ1) is 9.19. The summed E-state index contributed by atoms with van der Waals surface area (Å²) in [7, 11) is 0. The van der Waals surface area contributed by atoms with Crippen LogP contribution in [-0.4, -0.2) is 39.2 Å². The minimum Gasteiger partial charge on any atom is -0.353 e. The highest BCUT2D eigenvalue weighted by Gasteiger charge is 2.08. The molecule has 1 aromatic heterocycles. The minimum absolute atomic E-state index is 0.0145. The quantitative estimate of drug-likeness (QED) is 0.807. The van der Waals surface area contributed by atoms with Gasteiger partial charge in [0.1, 0.15) is 6.54 Å². The molecule has 0 saturated heterocycles. The zero-order chi connectivity index (χ0) is 13.7. The molecule has 1 heterocycles. The van der Waals surface area contributed by atoms with Gasteiger partial charge in [-0.15, -0.1) is 10.2 Å². The van der Waals surface area contributed by atoms with Crippen molar-refractivity contribution < 1.29 is 4.79 Å². The second-order valence-corrected chi connectivity index (χ2v) is 4.23. The molecule has 0 aliphatic rings. The van der Waals surface area contributed by atoms with Crippen molar-refractivity contribution in [3.63, 3.8) is 0 Å². The minimum atomic E-state index is -0.203. The van der Waals surface area contributed by atoms with Gasteiger partial charge in [0.15, 0.2) is 0 Å². The summed E-state index contributed by atoms with van der Waals surface area (Å²) in [5.74, 6) is 0.244. The van der Waals surface area contributed by atoms with E-state index in [1.807, 2.05) is 0 Å². The summed E-state index contributed by atoms with van der Waals surface area (Å²) >= 11 is 5.80. The smallest absolute Gasteiger partial charge is 0.243 e. The first kappa shape index (κ1) is 13.4. The van der Waals surface area contributed by atoms with Gasteiger partial charge in [-0.05, 0) is 29.5 Å². The van der Waals surface area contributed by atoms with Crippen molar-refractivity contribution in [2.75, 3.05) is 13.1 Å². The number of nitrogens with one attached hydrogen (secondary N) is 1. The summed E-state index contributed by atoms with van der Waals surface area (Å²) in [4.78, 5) is 12.7. The molecule has 3 N–H and O–H groups in total. The normalized spacial score (nSPS) is 10.4. The molecule has 0 saturated carbocycles. The Hall–Kier alpha value is -1.99. The summed E-state index contributed by atoms with van der Waals surface area (Å²) in [6, 6.07) is 7.06. The van der Waals surface area contributed by atoms with Crippen LogP contribution in [0.5, 0.6) is 0 Å². The first-order valence-corrected chi connectivity index (χ1v) is 6.07. The summed E-state index contributed by atoms with van der Waals surface area (Å²) < 4.78 is 0. The Bertz CT molecular complexity index is 553. The maximum atomic E-state index is 11.4. The molecule has 100 valence electrons. The van der Waals surface area contributed by atoms with Crippen molar-refractivity contribution in [1.29, 1.82) is 0 Å². The van der Waals surface area contributed by atoms with Gasteiger partial charge in [-0.2, -0.15) is 4.80 Å². The van der Waals surface area contributed by atoms with Crippen LogP contribution in [0.15, 0.2) is 24.3 Å². The predicted octanol–water partition coefficient (Wildman–Crippen LogP) is 0.0684. The average molecular weight is 281 g/mol. The number of hydrogen-bond donors (Lipinski definition) is 2. The number of tetrazole rings is 1. The molecule has 0 bridgehead atoms. The molecule has 1 amide bonds. The second-order valence-electron chi connectivity index (χ2n) is 3.79. The van der Waals surface area contributed by atoms with Crippen molar-refractivity contribution in [2.45, 2.75) is 6.54 Å². The monoisotopic (exact) mass is 280 g/mol. The zero-order valence-corrected chi connectivity index (χ0v) is 10.8. The molecule has 2 rings (SSSR count). The van der Waals surface area contributed by atoms with Crippen LogP contribution >= 0.6 is 11.6 Å². The fourth-order valence-corrected chi connectivity index (χ4v) is 1.55. The Morgan fingerprint density at radius 3 is 2.79 bits per heavy atom. The van der Waals surface area contributed by atoms with E-state index in [0.29, 0.717) is 23.9 Å². The third-order valence-electron chi connectivity index (χ3n) is 2.31. The van der Waals surface area contributed by atoms with Gasteiger partial charge in [-0.25, -0.2) is 0 Å². The number of aromatic nitrogens is 4. The number of carbonyl (C=O) groups is 1. The van der Waals surface area contributed by atoms with Gasteiger partial charge >= 0.3 is 0 Å². The number of amides is 1. The van der Waals surface area contributed by atoms with E-state index in [1.54, 1.807) is 24.3 Å². The van der Waals surface area contributed by atoms with Crippen LogP contribution < -0.4 is 11.1 Å². The highest BCUT2D eigenvalue weighted by Crippen LogP contribution is 2.16. The molecule has 19 heavy (non-hydrogen) atoms. The average Bonchev–Trinajstić information content (AvgIpc) is 2.85. The van der Waals surface area contributed by atoms with Crippen LogP contribution in [0.4, 0.5) is 0 Å². The van der Waals surface area contributed by atoms with Crippen LogP contribution in [0.3, 0.4) is 0 Å². The van der Waals surface area contributed by atoms with Crippen molar-refractivity contribution in [2.24, 2.45) is 5.73 Å². The van der Waals surface area contributed by atoms with Crippen LogP contribution in [0.2, 0.25) is 5.02 Å². The van der Waals surface area contributed by atoms with E-state index in [1.165, 1.54) is 4.80 Å². The molecule has 0 atom stereocenters. The number of nitrogens with two attached hydrogens (primary N) is 1. The number of carbonyl (C=O) groups excluding carboxylic acids is 1. The van der Waals surface area contributed by atoms with Crippen molar-refractivity contribution in [3.05, 3.63) is 29.3 Å². The third kappa shape index (κ3) is 3.73. The lowest BCUT2D eigenvalue weighted by atomic mass is 10.2.